The van der Waals surface area contributed by atoms with E-state index in [2.05, 4.69) is 32.1 Å². The van der Waals surface area contributed by atoms with Crippen molar-refractivity contribution in [3.8, 4) is 17.6 Å². The molecule has 2 aliphatic heterocycles. The number of aliphatic hydroxyl groups is 2. The van der Waals surface area contributed by atoms with Crippen LogP contribution in [-0.4, -0.2) is 89.8 Å². The second-order valence-electron chi connectivity index (χ2n) is 10.0. The Kier molecular flexibility index (Phi) is 8.69. The van der Waals surface area contributed by atoms with Gasteiger partial charge in [-0.05, 0) is 55.9 Å². The fraction of sp³-hybridized carbons (Fsp3) is 0.444. The molecule has 0 spiro atoms. The minimum atomic E-state index is -1.44. The number of hydrogen-bond acceptors (Lipinski definition) is 12. The van der Waals surface area contributed by atoms with Gasteiger partial charge in [0, 0.05) is 26.1 Å². The lowest BCUT2D eigenvalue weighted by Crippen LogP contribution is -2.42. The number of amides is 2. The molecule has 0 unspecified atom stereocenters. The molecule has 15 nitrogen and oxygen atoms in total. The maximum absolute atomic E-state index is 12.5. The van der Waals surface area contributed by atoms with Gasteiger partial charge in [0.05, 0.1) is 12.0 Å². The summed E-state index contributed by atoms with van der Waals surface area (Å²) in [5.41, 5.74) is 9.13. The van der Waals surface area contributed by atoms with Crippen LogP contribution in [-0.2, 0) is 9.53 Å². The van der Waals surface area contributed by atoms with E-state index in [0.717, 1.165) is 12.8 Å². The smallest absolute Gasteiger partial charge is 0.410 e. The molecule has 222 valence electrons. The molecule has 4 atom stereocenters. The number of aromatic nitrogens is 4. The molecule has 2 amide bonds. The summed E-state index contributed by atoms with van der Waals surface area (Å²) in [6.07, 6.45) is -2.26. The number of likely N-dealkylation sites (N-methyl/N-ethyl adjacent to an activating group) is 1. The lowest BCUT2D eigenvalue weighted by Gasteiger charge is -2.30. The zero-order valence-electron chi connectivity index (χ0n) is 22.8. The van der Waals surface area contributed by atoms with Crippen molar-refractivity contribution in [3.63, 3.8) is 0 Å². The van der Waals surface area contributed by atoms with E-state index in [-0.39, 0.29) is 28.7 Å². The molecule has 2 fully saturated rings. The molecule has 0 saturated carbocycles. The fourth-order valence-corrected chi connectivity index (χ4v) is 4.92. The quantitative estimate of drug-likeness (QED) is 0.175. The topological polar surface area (TPSA) is 210 Å². The van der Waals surface area contributed by atoms with E-state index in [1.165, 1.54) is 10.9 Å². The number of carbonyl (C=O) groups is 2. The number of likely N-dealkylation sites (tertiary alicyclic amines) is 1. The first-order chi connectivity index (χ1) is 20.3. The van der Waals surface area contributed by atoms with Crippen LogP contribution in [0.15, 0.2) is 30.6 Å². The number of anilines is 2. The molecule has 2 saturated heterocycles. The first-order valence-electron chi connectivity index (χ1n) is 13.5. The summed E-state index contributed by atoms with van der Waals surface area (Å²) in [4.78, 5) is 39.3. The van der Waals surface area contributed by atoms with Crippen LogP contribution in [0.4, 0.5) is 16.3 Å². The van der Waals surface area contributed by atoms with Crippen LogP contribution in [0.25, 0.3) is 11.2 Å². The lowest BCUT2D eigenvalue weighted by molar-refractivity contribution is -0.137. The fourth-order valence-electron chi connectivity index (χ4n) is 4.92. The van der Waals surface area contributed by atoms with Gasteiger partial charge in [0.1, 0.15) is 23.5 Å². The molecule has 1 aromatic carbocycles. The lowest BCUT2D eigenvalue weighted by atomic mass is 9.94. The molecule has 7 N–H and O–H groups in total. The van der Waals surface area contributed by atoms with Gasteiger partial charge in [-0.25, -0.2) is 19.7 Å². The summed E-state index contributed by atoms with van der Waals surface area (Å²) < 4.78 is 12.5. The molecular weight excluding hydrogens is 548 g/mol. The van der Waals surface area contributed by atoms with Crippen LogP contribution in [0, 0.1) is 17.8 Å². The number of nitrogens with zero attached hydrogens (tertiary/aromatic N) is 5. The van der Waals surface area contributed by atoms with Crippen molar-refractivity contribution in [3.05, 3.63) is 36.4 Å². The third-order valence-electron chi connectivity index (χ3n) is 7.22. The van der Waals surface area contributed by atoms with Crippen LogP contribution in [0.1, 0.15) is 38.2 Å². The monoisotopic (exact) mass is 580 g/mol. The highest BCUT2D eigenvalue weighted by Gasteiger charge is 2.47. The molecule has 15 heteroatoms. The van der Waals surface area contributed by atoms with Gasteiger partial charge < -0.3 is 35.6 Å². The molecule has 0 aliphatic carbocycles. The second-order valence-corrected chi connectivity index (χ2v) is 10.0. The van der Waals surface area contributed by atoms with Gasteiger partial charge >= 0.3 is 6.09 Å². The zero-order chi connectivity index (χ0) is 29.8. The Morgan fingerprint density at radius 3 is 2.60 bits per heavy atom. The third-order valence-corrected chi connectivity index (χ3v) is 7.22. The van der Waals surface area contributed by atoms with Crippen molar-refractivity contribution < 1.29 is 34.5 Å². The Hall–Kier alpha value is -4.49. The number of imidazole rings is 1. The molecule has 0 radical (unpaired) electrons. The highest BCUT2D eigenvalue weighted by molar-refractivity contribution is 5.83. The number of rotatable bonds is 6. The molecule has 0 bridgehead atoms. The van der Waals surface area contributed by atoms with Gasteiger partial charge in [0.2, 0.25) is 5.82 Å². The molecule has 4 heterocycles. The van der Waals surface area contributed by atoms with Gasteiger partial charge in [0.15, 0.2) is 23.8 Å². The number of nitrogens with one attached hydrogen (secondary N) is 2. The first-order valence-corrected chi connectivity index (χ1v) is 13.5. The molecule has 42 heavy (non-hydrogen) atoms. The van der Waals surface area contributed by atoms with E-state index in [4.69, 9.17) is 20.4 Å². The predicted octanol–water partition coefficient (Wildman–Crippen LogP) is 0.618. The average molecular weight is 581 g/mol. The van der Waals surface area contributed by atoms with Gasteiger partial charge in [-0.15, -0.1) is 0 Å². The molecule has 2 aromatic heterocycles. The van der Waals surface area contributed by atoms with Gasteiger partial charge in [0.25, 0.3) is 5.91 Å². The number of carbonyl (C=O) groups excluding carboxylic acids is 2. The van der Waals surface area contributed by atoms with E-state index in [9.17, 15) is 19.8 Å². The molecule has 3 aromatic rings. The number of hydrogen-bond donors (Lipinski definition) is 6. The van der Waals surface area contributed by atoms with Crippen molar-refractivity contribution in [1.29, 1.82) is 0 Å². The SMILES string of the molecule is CCNC(=O)[C@H]1O[C@@H](n2cnc3c(N)nc(C#CCC4CCN(C(=O)Oc5ccc(NO)cc5)CC4)nc32)[C@H](O)[C@@H]1O. The van der Waals surface area contributed by atoms with Crippen LogP contribution in [0.3, 0.4) is 0 Å². The summed E-state index contributed by atoms with van der Waals surface area (Å²) in [5.74, 6) is 6.38. The Labute approximate surface area is 240 Å². The highest BCUT2D eigenvalue weighted by atomic mass is 16.6. The van der Waals surface area contributed by atoms with Crippen molar-refractivity contribution in [2.75, 3.05) is 30.8 Å². The van der Waals surface area contributed by atoms with Crippen molar-refractivity contribution in [2.24, 2.45) is 5.92 Å². The second kappa shape index (κ2) is 12.6. The number of ether oxygens (including phenoxy) is 2. The van der Waals surface area contributed by atoms with E-state index < -0.39 is 36.5 Å². The van der Waals surface area contributed by atoms with Crippen LogP contribution >= 0.6 is 0 Å². The standard InChI is InChI=1S/C27H32N8O7/c1-2-29-25(38)22-20(36)21(37)26(42-22)35-14-30-19-23(28)31-18(32-24(19)35)5-3-4-15-10-12-34(13-11-15)27(39)41-17-8-6-16(33-40)7-9-17/h6-9,14-15,20-22,26,33,36-37,40H,2,4,10-13H2,1H3,(H,29,38)(H2,28,31,32)/t20-,21+,22-,26+/m0/s1. The molecule has 2 aliphatic rings. The van der Waals surface area contributed by atoms with Crippen LogP contribution in [0.2, 0.25) is 0 Å². The summed E-state index contributed by atoms with van der Waals surface area (Å²) in [7, 11) is 0. The number of nitrogens with two attached hydrogens (primary N) is 1. The maximum Gasteiger partial charge on any atom is 0.415 e. The predicted molar refractivity (Wildman–Crippen MR) is 148 cm³/mol. The van der Waals surface area contributed by atoms with E-state index in [1.807, 2.05) is 5.48 Å². The van der Waals surface area contributed by atoms with Crippen LogP contribution < -0.4 is 21.3 Å². The van der Waals surface area contributed by atoms with Gasteiger partial charge in [-0.2, -0.15) is 0 Å². The Bertz CT molecular complexity index is 1490. The van der Waals surface area contributed by atoms with Crippen molar-refractivity contribution in [1.82, 2.24) is 29.7 Å². The number of benzene rings is 1. The van der Waals surface area contributed by atoms with Gasteiger partial charge in [-0.1, -0.05) is 5.92 Å². The summed E-state index contributed by atoms with van der Waals surface area (Å²) >= 11 is 0. The highest BCUT2D eigenvalue weighted by Crippen LogP contribution is 2.32. The minimum absolute atomic E-state index is 0.0884. The normalized spacial score (nSPS) is 22.4. The number of nitrogen functional groups attached to an aromatic ring is 1. The number of aliphatic hydroxyl groups excluding tert-OH is 2. The molecular formula is C27H32N8O7. The summed E-state index contributed by atoms with van der Waals surface area (Å²) in [5, 5.41) is 32.5. The maximum atomic E-state index is 12.5. The van der Waals surface area contributed by atoms with E-state index >= 15 is 0 Å². The van der Waals surface area contributed by atoms with Crippen molar-refractivity contribution >= 4 is 34.7 Å². The van der Waals surface area contributed by atoms with Gasteiger partial charge in [-0.3, -0.25) is 20.0 Å². The number of piperidine rings is 1. The minimum Gasteiger partial charge on any atom is -0.410 e. The first kappa shape index (κ1) is 29.0. The van der Waals surface area contributed by atoms with E-state index in [0.29, 0.717) is 37.5 Å². The van der Waals surface area contributed by atoms with Crippen molar-refractivity contribution in [2.45, 2.75) is 50.7 Å². The largest absolute Gasteiger partial charge is 0.415 e. The molecule has 5 rings (SSSR count). The third kappa shape index (κ3) is 6.06. The Morgan fingerprint density at radius 1 is 1.17 bits per heavy atom. The average Bonchev–Trinajstić information content (AvgIpc) is 3.54. The Balaban J connectivity index is 1.20. The number of fused-ring (bicyclic) bond motifs is 1. The zero-order valence-corrected chi connectivity index (χ0v) is 22.8. The summed E-state index contributed by atoms with van der Waals surface area (Å²) in [6, 6.07) is 6.37. The van der Waals surface area contributed by atoms with Crippen LogP contribution in [0.5, 0.6) is 5.75 Å². The Morgan fingerprint density at radius 2 is 1.90 bits per heavy atom. The summed E-state index contributed by atoms with van der Waals surface area (Å²) in [6.45, 7) is 3.14. The van der Waals surface area contributed by atoms with E-state index in [1.54, 1.807) is 36.1 Å².